The maximum Gasteiger partial charge on any atom is 0.242 e. The van der Waals surface area contributed by atoms with Crippen molar-refractivity contribution in [1.82, 2.24) is 19.4 Å². The summed E-state index contributed by atoms with van der Waals surface area (Å²) in [6.07, 6.45) is 1.82. The fourth-order valence-electron chi connectivity index (χ4n) is 4.24. The van der Waals surface area contributed by atoms with E-state index in [1.54, 1.807) is 12.1 Å². The maximum atomic E-state index is 13.4. The molecule has 34 heavy (non-hydrogen) atoms. The van der Waals surface area contributed by atoms with Gasteiger partial charge < -0.3 is 14.4 Å². The molecule has 0 saturated heterocycles. The molecule has 1 aromatic carbocycles. The molecule has 3 aromatic rings. The molecule has 0 radical (unpaired) electrons. The van der Waals surface area contributed by atoms with Gasteiger partial charge in [0.05, 0.1) is 18.3 Å². The van der Waals surface area contributed by atoms with Gasteiger partial charge in [-0.1, -0.05) is 40.7 Å². The van der Waals surface area contributed by atoms with Crippen molar-refractivity contribution in [3.05, 3.63) is 41.0 Å². The predicted molar refractivity (Wildman–Crippen MR) is 130 cm³/mol. The van der Waals surface area contributed by atoms with E-state index in [1.807, 2.05) is 19.2 Å². The quantitative estimate of drug-likeness (QED) is 0.535. The largest absolute Gasteiger partial charge is 0.489 e. The molecule has 0 spiro atoms. The summed E-state index contributed by atoms with van der Waals surface area (Å²) in [7, 11) is 1.98. The second-order valence-corrected chi connectivity index (χ2v) is 9.76. The number of ether oxygens (including phenoxy) is 2. The highest BCUT2D eigenvalue weighted by Crippen LogP contribution is 2.42. The summed E-state index contributed by atoms with van der Waals surface area (Å²) >= 11 is 0. The van der Waals surface area contributed by atoms with E-state index in [-0.39, 0.29) is 29.5 Å². The van der Waals surface area contributed by atoms with E-state index in [0.29, 0.717) is 30.2 Å². The summed E-state index contributed by atoms with van der Waals surface area (Å²) in [5, 5.41) is 17.4. The molecule has 182 valence electrons. The molecule has 9 nitrogen and oxygen atoms in total. The Kier molecular flexibility index (Phi) is 6.38. The van der Waals surface area contributed by atoms with Gasteiger partial charge in [0.15, 0.2) is 11.4 Å². The average Bonchev–Trinajstić information content (AvgIpc) is 3.10. The van der Waals surface area contributed by atoms with Crippen molar-refractivity contribution in [3.63, 3.8) is 0 Å². The lowest BCUT2D eigenvalue weighted by molar-refractivity contribution is 0.0965. The number of fused-ring (bicyclic) bond motifs is 2. The molecule has 4 rings (SSSR count). The zero-order valence-electron chi connectivity index (χ0n) is 20.9. The van der Waals surface area contributed by atoms with Crippen LogP contribution in [-0.2, 0) is 12.0 Å². The van der Waals surface area contributed by atoms with Gasteiger partial charge in [0.1, 0.15) is 18.9 Å². The minimum absolute atomic E-state index is 0.0168. The number of nitrogens with one attached hydrogen (secondary N) is 1. The van der Waals surface area contributed by atoms with Crippen LogP contribution in [0.15, 0.2) is 24.3 Å². The average molecular weight is 467 g/mol. The van der Waals surface area contributed by atoms with Crippen molar-refractivity contribution in [2.75, 3.05) is 25.1 Å². The molecule has 0 saturated carbocycles. The molecule has 2 aromatic heterocycles. The third-order valence-electron chi connectivity index (χ3n) is 6.25. The number of Topliss-reactive ketones (excluding diaryl/α,β-unsaturated/α-hetero) is 1. The Bertz CT molecular complexity index is 1270. The highest BCUT2D eigenvalue weighted by molar-refractivity contribution is 6.03. The number of rotatable bonds is 7. The summed E-state index contributed by atoms with van der Waals surface area (Å²) in [6, 6.07) is 7.35. The third-order valence-corrected chi connectivity index (χ3v) is 6.25. The van der Waals surface area contributed by atoms with E-state index in [4.69, 9.17) is 14.9 Å². The van der Waals surface area contributed by atoms with Gasteiger partial charge in [0.25, 0.3) is 0 Å². The van der Waals surface area contributed by atoms with Crippen molar-refractivity contribution in [2.45, 2.75) is 65.5 Å². The standard InChI is InChI=1S/C25H34N6O3/c1-7-16(8-2)34-21-12-11-20-27-30(24(26)31(20)28-21)15-19(32)17-9-10-18(25(3,4)5)23-22(17)29(6)13-14-33-23/h9-12,16,26H,7-8,13-15H2,1-6H3. The number of anilines is 1. The van der Waals surface area contributed by atoms with Crippen molar-refractivity contribution in [1.29, 1.82) is 5.41 Å². The van der Waals surface area contributed by atoms with E-state index in [0.717, 1.165) is 29.8 Å². The molecule has 0 fully saturated rings. The lowest BCUT2D eigenvalue weighted by Crippen LogP contribution is -2.33. The number of nitrogens with zero attached hydrogens (tertiary/aromatic N) is 5. The first-order chi connectivity index (χ1) is 16.1. The topological polar surface area (TPSA) is 97.7 Å². The van der Waals surface area contributed by atoms with Crippen LogP contribution >= 0.6 is 0 Å². The molecule has 1 aliphatic heterocycles. The summed E-state index contributed by atoms with van der Waals surface area (Å²) in [5.41, 5.74) is 2.83. The van der Waals surface area contributed by atoms with Crippen LogP contribution in [0.5, 0.6) is 11.6 Å². The zero-order valence-corrected chi connectivity index (χ0v) is 20.9. The number of hydrogen-bond donors (Lipinski definition) is 1. The molecule has 0 unspecified atom stereocenters. The van der Waals surface area contributed by atoms with E-state index in [1.165, 1.54) is 9.20 Å². The highest BCUT2D eigenvalue weighted by Gasteiger charge is 2.30. The minimum Gasteiger partial charge on any atom is -0.489 e. The Morgan fingerprint density at radius 3 is 2.59 bits per heavy atom. The number of ketones is 1. The van der Waals surface area contributed by atoms with Crippen LogP contribution in [0.1, 0.15) is 63.4 Å². The number of carbonyl (C=O) groups excluding carboxylic acids is 1. The molecule has 1 N–H and O–H groups in total. The Morgan fingerprint density at radius 2 is 1.91 bits per heavy atom. The first-order valence-electron chi connectivity index (χ1n) is 11.9. The Labute approximate surface area is 199 Å². The molecule has 0 aliphatic carbocycles. The first-order valence-corrected chi connectivity index (χ1v) is 11.9. The summed E-state index contributed by atoms with van der Waals surface area (Å²) in [4.78, 5) is 15.5. The van der Waals surface area contributed by atoms with Crippen LogP contribution in [-0.4, -0.2) is 51.5 Å². The molecule has 0 amide bonds. The maximum absolute atomic E-state index is 13.4. The third kappa shape index (κ3) is 4.38. The number of likely N-dealkylation sites (N-methyl/N-ethyl adjacent to an activating group) is 1. The fourth-order valence-corrected chi connectivity index (χ4v) is 4.24. The first kappa shape index (κ1) is 23.8. The van der Waals surface area contributed by atoms with Crippen LogP contribution in [0.2, 0.25) is 0 Å². The van der Waals surface area contributed by atoms with Gasteiger partial charge in [-0.3, -0.25) is 10.2 Å². The predicted octanol–water partition coefficient (Wildman–Crippen LogP) is 3.59. The molecular formula is C25H34N6O3. The van der Waals surface area contributed by atoms with Crippen LogP contribution in [0.3, 0.4) is 0 Å². The van der Waals surface area contributed by atoms with Crippen LogP contribution in [0, 0.1) is 5.41 Å². The summed E-state index contributed by atoms with van der Waals surface area (Å²) < 4.78 is 14.7. The molecule has 0 atom stereocenters. The van der Waals surface area contributed by atoms with Gasteiger partial charge in [-0.15, -0.1) is 10.2 Å². The van der Waals surface area contributed by atoms with Gasteiger partial charge in [0.2, 0.25) is 11.5 Å². The minimum atomic E-state index is -0.135. The lowest BCUT2D eigenvalue weighted by atomic mass is 9.84. The van der Waals surface area contributed by atoms with E-state index >= 15 is 0 Å². The van der Waals surface area contributed by atoms with Crippen molar-refractivity contribution < 1.29 is 14.3 Å². The lowest BCUT2D eigenvalue weighted by Gasteiger charge is -2.34. The molecule has 1 aliphatic rings. The monoisotopic (exact) mass is 466 g/mol. The van der Waals surface area contributed by atoms with Crippen LogP contribution in [0.25, 0.3) is 5.65 Å². The molecule has 9 heteroatoms. The second-order valence-electron chi connectivity index (χ2n) is 9.76. The Morgan fingerprint density at radius 1 is 1.18 bits per heavy atom. The van der Waals surface area contributed by atoms with Gasteiger partial charge in [-0.05, 0) is 30.4 Å². The van der Waals surface area contributed by atoms with Crippen molar-refractivity contribution in [2.24, 2.45) is 0 Å². The SMILES string of the molecule is CCC(CC)Oc1ccc2nn(CC(=O)c3ccc(C(C)(C)C)c4c3N(C)CCO4)c(=N)n2n1. The summed E-state index contributed by atoms with van der Waals surface area (Å²) in [6.45, 7) is 11.7. The normalized spacial score (nSPS) is 13.8. The van der Waals surface area contributed by atoms with Gasteiger partial charge in [-0.25, -0.2) is 4.68 Å². The smallest absolute Gasteiger partial charge is 0.242 e. The Balaban J connectivity index is 1.67. The Hall–Kier alpha value is -3.36. The van der Waals surface area contributed by atoms with E-state index in [2.05, 4.69) is 49.7 Å². The fraction of sp³-hybridized carbons (Fsp3) is 0.520. The zero-order chi connectivity index (χ0) is 24.6. The van der Waals surface area contributed by atoms with Gasteiger partial charge in [-0.2, -0.15) is 4.52 Å². The molecular weight excluding hydrogens is 432 g/mol. The number of benzene rings is 1. The van der Waals surface area contributed by atoms with Crippen molar-refractivity contribution in [3.8, 4) is 11.6 Å². The number of hydrogen-bond acceptors (Lipinski definition) is 7. The van der Waals surface area contributed by atoms with E-state index in [9.17, 15) is 4.79 Å². The van der Waals surface area contributed by atoms with Crippen LogP contribution < -0.4 is 20.0 Å². The number of aromatic nitrogens is 4. The molecule has 0 bridgehead atoms. The number of carbonyl (C=O) groups is 1. The molecule has 3 heterocycles. The van der Waals surface area contributed by atoms with E-state index < -0.39 is 0 Å². The van der Waals surface area contributed by atoms with Crippen LogP contribution in [0.4, 0.5) is 5.69 Å². The van der Waals surface area contributed by atoms with Crippen molar-refractivity contribution >= 4 is 17.1 Å². The van der Waals surface area contributed by atoms with Gasteiger partial charge in [0, 0.05) is 24.2 Å². The summed E-state index contributed by atoms with van der Waals surface area (Å²) in [5.74, 6) is 1.07. The highest BCUT2D eigenvalue weighted by atomic mass is 16.5. The van der Waals surface area contributed by atoms with Gasteiger partial charge >= 0.3 is 0 Å². The second kappa shape index (κ2) is 9.12.